The molecule has 1 aliphatic rings. The van der Waals surface area contributed by atoms with Gasteiger partial charge in [-0.3, -0.25) is 14.2 Å². The van der Waals surface area contributed by atoms with Crippen molar-refractivity contribution in [1.82, 2.24) is 24.6 Å². The van der Waals surface area contributed by atoms with Crippen LogP contribution in [0.4, 0.5) is 5.82 Å². The SMILES string of the molecule is O=C(Cn1cnc2ccccc2c1=O)N1CCN(c2ccc(-c3ccco3)nn2)CC1. The number of para-hydroxylation sites is 1. The Bertz CT molecular complexity index is 1260. The third-order valence-electron chi connectivity index (χ3n) is 5.42. The number of rotatable bonds is 4. The van der Waals surface area contributed by atoms with Crippen molar-refractivity contribution in [2.24, 2.45) is 0 Å². The van der Waals surface area contributed by atoms with Gasteiger partial charge in [0.1, 0.15) is 12.2 Å². The first-order chi connectivity index (χ1) is 15.2. The number of carbonyl (C=O) groups is 1. The number of amides is 1. The number of benzene rings is 1. The molecular weight excluding hydrogens is 396 g/mol. The normalized spacial score (nSPS) is 14.2. The van der Waals surface area contributed by atoms with Gasteiger partial charge in [-0.25, -0.2) is 4.98 Å². The molecule has 0 N–H and O–H groups in total. The molecule has 4 aromatic rings. The van der Waals surface area contributed by atoms with Crippen molar-refractivity contribution < 1.29 is 9.21 Å². The number of hydrogen-bond donors (Lipinski definition) is 0. The monoisotopic (exact) mass is 416 g/mol. The summed E-state index contributed by atoms with van der Waals surface area (Å²) in [6.45, 7) is 2.37. The molecule has 4 heterocycles. The van der Waals surface area contributed by atoms with Gasteiger partial charge in [-0.1, -0.05) is 12.1 Å². The molecule has 31 heavy (non-hydrogen) atoms. The Morgan fingerprint density at radius 3 is 2.55 bits per heavy atom. The molecule has 9 heteroatoms. The number of fused-ring (bicyclic) bond motifs is 1. The summed E-state index contributed by atoms with van der Waals surface area (Å²) >= 11 is 0. The molecule has 1 aliphatic heterocycles. The maximum absolute atomic E-state index is 12.8. The van der Waals surface area contributed by atoms with Crippen molar-refractivity contribution in [3.8, 4) is 11.5 Å². The van der Waals surface area contributed by atoms with E-state index in [1.54, 1.807) is 29.4 Å². The highest BCUT2D eigenvalue weighted by Gasteiger charge is 2.23. The Labute approximate surface area is 177 Å². The fourth-order valence-electron chi connectivity index (χ4n) is 3.70. The maximum atomic E-state index is 12.8. The summed E-state index contributed by atoms with van der Waals surface area (Å²) in [5, 5.41) is 9.04. The maximum Gasteiger partial charge on any atom is 0.261 e. The fraction of sp³-hybridized carbons (Fsp3) is 0.227. The van der Waals surface area contributed by atoms with Gasteiger partial charge in [0.05, 0.1) is 23.5 Å². The lowest BCUT2D eigenvalue weighted by Gasteiger charge is -2.35. The van der Waals surface area contributed by atoms with Crippen LogP contribution in [0.5, 0.6) is 0 Å². The first-order valence-corrected chi connectivity index (χ1v) is 10.0. The molecule has 1 amide bonds. The minimum atomic E-state index is -0.204. The van der Waals surface area contributed by atoms with Crippen LogP contribution in [0.25, 0.3) is 22.4 Å². The average Bonchev–Trinajstić information content (AvgIpc) is 3.36. The molecule has 0 bridgehead atoms. The van der Waals surface area contributed by atoms with Gasteiger partial charge >= 0.3 is 0 Å². The average molecular weight is 416 g/mol. The highest BCUT2D eigenvalue weighted by molar-refractivity contribution is 5.79. The van der Waals surface area contributed by atoms with Crippen molar-refractivity contribution in [3.63, 3.8) is 0 Å². The van der Waals surface area contributed by atoms with E-state index in [0.29, 0.717) is 48.5 Å². The first kappa shape index (κ1) is 19.0. The van der Waals surface area contributed by atoms with Gasteiger partial charge in [0.15, 0.2) is 11.6 Å². The van der Waals surface area contributed by atoms with E-state index < -0.39 is 0 Å². The number of furan rings is 1. The summed E-state index contributed by atoms with van der Waals surface area (Å²) in [6, 6.07) is 14.6. The van der Waals surface area contributed by atoms with E-state index in [1.165, 1.54) is 10.9 Å². The third-order valence-corrected chi connectivity index (χ3v) is 5.42. The molecule has 0 spiro atoms. The lowest BCUT2D eigenvalue weighted by molar-refractivity contribution is -0.132. The molecule has 1 fully saturated rings. The quantitative estimate of drug-likeness (QED) is 0.500. The minimum absolute atomic E-state index is 0.0195. The molecule has 3 aromatic heterocycles. The molecule has 0 unspecified atom stereocenters. The molecule has 1 saturated heterocycles. The van der Waals surface area contributed by atoms with Crippen LogP contribution >= 0.6 is 0 Å². The summed E-state index contributed by atoms with van der Waals surface area (Å²) in [7, 11) is 0. The Kier molecular flexibility index (Phi) is 4.91. The standard InChI is InChI=1S/C22H20N6O3/c29-21(14-28-15-23-17-5-2-1-4-16(17)22(28)30)27-11-9-26(10-12-27)20-8-7-18(24-25-20)19-6-3-13-31-19/h1-8,13,15H,9-12,14H2. The van der Waals surface area contributed by atoms with Crippen LogP contribution in [0.2, 0.25) is 0 Å². The second kappa shape index (κ2) is 8.02. The molecule has 0 atom stereocenters. The predicted octanol–water partition coefficient (Wildman–Crippen LogP) is 1.80. The van der Waals surface area contributed by atoms with Gasteiger partial charge < -0.3 is 14.2 Å². The molecule has 156 valence electrons. The van der Waals surface area contributed by atoms with Crippen molar-refractivity contribution in [2.75, 3.05) is 31.1 Å². The van der Waals surface area contributed by atoms with Crippen molar-refractivity contribution >= 4 is 22.6 Å². The Balaban J connectivity index is 1.22. The second-order valence-electron chi connectivity index (χ2n) is 7.32. The van der Waals surface area contributed by atoms with Gasteiger partial charge in [-0.15, -0.1) is 10.2 Å². The van der Waals surface area contributed by atoms with E-state index in [-0.39, 0.29) is 18.0 Å². The van der Waals surface area contributed by atoms with Gasteiger partial charge in [0.25, 0.3) is 5.56 Å². The molecule has 9 nitrogen and oxygen atoms in total. The van der Waals surface area contributed by atoms with Gasteiger partial charge in [-0.2, -0.15) is 0 Å². The number of anilines is 1. The molecule has 0 saturated carbocycles. The van der Waals surface area contributed by atoms with E-state index in [0.717, 1.165) is 5.82 Å². The van der Waals surface area contributed by atoms with Crippen LogP contribution in [0.3, 0.4) is 0 Å². The van der Waals surface area contributed by atoms with E-state index >= 15 is 0 Å². The number of aromatic nitrogens is 4. The topological polar surface area (TPSA) is 97.4 Å². The lowest BCUT2D eigenvalue weighted by Crippen LogP contribution is -2.50. The smallest absolute Gasteiger partial charge is 0.261 e. The van der Waals surface area contributed by atoms with E-state index in [1.807, 2.05) is 30.3 Å². The molecule has 1 aromatic carbocycles. The third kappa shape index (κ3) is 3.77. The van der Waals surface area contributed by atoms with E-state index in [2.05, 4.69) is 20.1 Å². The summed E-state index contributed by atoms with van der Waals surface area (Å²) in [4.78, 5) is 33.5. The van der Waals surface area contributed by atoms with E-state index in [4.69, 9.17) is 4.42 Å². The van der Waals surface area contributed by atoms with Gasteiger partial charge in [0.2, 0.25) is 5.91 Å². The van der Waals surface area contributed by atoms with Crippen molar-refractivity contribution in [2.45, 2.75) is 6.54 Å². The van der Waals surface area contributed by atoms with Crippen LogP contribution in [-0.2, 0) is 11.3 Å². The van der Waals surface area contributed by atoms with Crippen molar-refractivity contribution in [3.05, 3.63) is 71.5 Å². The zero-order chi connectivity index (χ0) is 21.2. The molecular formula is C22H20N6O3. The van der Waals surface area contributed by atoms with Crippen LogP contribution in [-0.4, -0.2) is 56.7 Å². The van der Waals surface area contributed by atoms with E-state index in [9.17, 15) is 9.59 Å². The number of piperazine rings is 1. The minimum Gasteiger partial charge on any atom is -0.463 e. The number of carbonyl (C=O) groups excluding carboxylic acids is 1. The zero-order valence-corrected chi connectivity index (χ0v) is 16.7. The molecule has 5 rings (SSSR count). The summed E-state index contributed by atoms with van der Waals surface area (Å²) in [5.41, 5.74) is 1.10. The zero-order valence-electron chi connectivity index (χ0n) is 16.7. The predicted molar refractivity (Wildman–Crippen MR) is 115 cm³/mol. The summed E-state index contributed by atoms with van der Waals surface area (Å²) in [6.07, 6.45) is 3.04. The number of hydrogen-bond acceptors (Lipinski definition) is 7. The van der Waals surface area contributed by atoms with Crippen LogP contribution in [0.1, 0.15) is 0 Å². The second-order valence-corrected chi connectivity index (χ2v) is 7.32. The lowest BCUT2D eigenvalue weighted by atomic mass is 10.2. The van der Waals surface area contributed by atoms with Crippen LogP contribution in [0.15, 0.2) is 70.3 Å². The Morgan fingerprint density at radius 1 is 0.968 bits per heavy atom. The van der Waals surface area contributed by atoms with Gasteiger partial charge in [0, 0.05) is 26.2 Å². The summed E-state index contributed by atoms with van der Waals surface area (Å²) < 4.78 is 6.71. The van der Waals surface area contributed by atoms with Crippen LogP contribution in [0, 0.1) is 0 Å². The summed E-state index contributed by atoms with van der Waals surface area (Å²) in [5.74, 6) is 1.34. The molecule has 0 aliphatic carbocycles. The number of nitrogens with zero attached hydrogens (tertiary/aromatic N) is 6. The Morgan fingerprint density at radius 2 is 1.81 bits per heavy atom. The molecule has 0 radical (unpaired) electrons. The highest BCUT2D eigenvalue weighted by Crippen LogP contribution is 2.19. The first-order valence-electron chi connectivity index (χ1n) is 10.0. The highest BCUT2D eigenvalue weighted by atomic mass is 16.3. The Hall–Kier alpha value is -4.01. The fourth-order valence-corrected chi connectivity index (χ4v) is 3.70. The largest absolute Gasteiger partial charge is 0.463 e. The van der Waals surface area contributed by atoms with Crippen molar-refractivity contribution in [1.29, 1.82) is 0 Å². The van der Waals surface area contributed by atoms with Crippen LogP contribution < -0.4 is 10.5 Å². The van der Waals surface area contributed by atoms with Gasteiger partial charge in [-0.05, 0) is 36.4 Å².